The van der Waals surface area contributed by atoms with E-state index in [1.165, 1.54) is 32.1 Å². The van der Waals surface area contributed by atoms with Gasteiger partial charge in [0.1, 0.15) is 0 Å². The molecule has 112 valence electrons. The summed E-state index contributed by atoms with van der Waals surface area (Å²) in [4.78, 5) is 0. The Hall–Kier alpha value is -0.120. The Kier molecular flexibility index (Phi) is 6.62. The Morgan fingerprint density at radius 2 is 1.89 bits per heavy atom. The van der Waals surface area contributed by atoms with Crippen LogP contribution in [0.1, 0.15) is 52.4 Å². The van der Waals surface area contributed by atoms with Crippen molar-refractivity contribution in [3.8, 4) is 0 Å². The third-order valence-corrected chi connectivity index (χ3v) is 4.76. The summed E-state index contributed by atoms with van der Waals surface area (Å²) in [5.74, 6) is 1.57. The van der Waals surface area contributed by atoms with Crippen LogP contribution in [-0.2, 0) is 9.47 Å². The second-order valence-electron chi connectivity index (χ2n) is 6.12. The first-order valence-corrected chi connectivity index (χ1v) is 8.27. The van der Waals surface area contributed by atoms with Gasteiger partial charge in [-0.2, -0.15) is 0 Å². The fraction of sp³-hybridized carbons (Fsp3) is 1.00. The molecular formula is C16H31NO2. The summed E-state index contributed by atoms with van der Waals surface area (Å²) in [5, 5.41) is 3.80. The van der Waals surface area contributed by atoms with Crippen LogP contribution in [0, 0.1) is 11.8 Å². The lowest BCUT2D eigenvalue weighted by Gasteiger charge is -2.32. The summed E-state index contributed by atoms with van der Waals surface area (Å²) >= 11 is 0. The molecule has 2 aliphatic rings. The molecule has 3 unspecified atom stereocenters. The van der Waals surface area contributed by atoms with Crippen molar-refractivity contribution in [2.45, 2.75) is 64.5 Å². The largest absolute Gasteiger partial charge is 0.381 e. The summed E-state index contributed by atoms with van der Waals surface area (Å²) in [5.41, 5.74) is 0. The van der Waals surface area contributed by atoms with Crippen LogP contribution in [0.25, 0.3) is 0 Å². The highest BCUT2D eigenvalue weighted by molar-refractivity contribution is 4.87. The van der Waals surface area contributed by atoms with Gasteiger partial charge in [-0.05, 0) is 51.0 Å². The molecule has 0 amide bonds. The first-order chi connectivity index (χ1) is 9.35. The fourth-order valence-corrected chi connectivity index (χ4v) is 3.63. The maximum absolute atomic E-state index is 5.90. The molecule has 2 saturated heterocycles. The molecule has 0 aliphatic carbocycles. The minimum atomic E-state index is 0.481. The van der Waals surface area contributed by atoms with Gasteiger partial charge < -0.3 is 14.8 Å². The van der Waals surface area contributed by atoms with Crippen LogP contribution in [0.3, 0.4) is 0 Å². The molecule has 2 fully saturated rings. The van der Waals surface area contributed by atoms with E-state index in [0.717, 1.165) is 44.6 Å². The van der Waals surface area contributed by atoms with E-state index < -0.39 is 0 Å². The van der Waals surface area contributed by atoms with Crippen molar-refractivity contribution in [2.75, 3.05) is 26.4 Å². The summed E-state index contributed by atoms with van der Waals surface area (Å²) in [6.07, 6.45) is 7.90. The Labute approximate surface area is 118 Å². The predicted molar refractivity (Wildman–Crippen MR) is 78.4 cm³/mol. The zero-order valence-corrected chi connectivity index (χ0v) is 12.7. The van der Waals surface area contributed by atoms with Gasteiger partial charge in [-0.25, -0.2) is 0 Å². The molecule has 3 atom stereocenters. The van der Waals surface area contributed by atoms with Crippen molar-refractivity contribution in [1.29, 1.82) is 0 Å². The van der Waals surface area contributed by atoms with Crippen LogP contribution in [0.4, 0.5) is 0 Å². The van der Waals surface area contributed by atoms with Crippen molar-refractivity contribution in [1.82, 2.24) is 5.32 Å². The second-order valence-corrected chi connectivity index (χ2v) is 6.12. The van der Waals surface area contributed by atoms with Gasteiger partial charge in [0.15, 0.2) is 0 Å². The quantitative estimate of drug-likeness (QED) is 0.771. The summed E-state index contributed by atoms with van der Waals surface area (Å²) in [7, 11) is 0. The maximum atomic E-state index is 5.90. The van der Waals surface area contributed by atoms with Crippen LogP contribution >= 0.6 is 0 Å². The average Bonchev–Trinajstić information content (AvgIpc) is 2.93. The van der Waals surface area contributed by atoms with E-state index in [4.69, 9.17) is 9.47 Å². The molecule has 0 aromatic carbocycles. The second kappa shape index (κ2) is 8.23. The van der Waals surface area contributed by atoms with Gasteiger partial charge in [-0.1, -0.05) is 13.8 Å². The van der Waals surface area contributed by atoms with Crippen LogP contribution in [0.5, 0.6) is 0 Å². The molecule has 2 aliphatic heterocycles. The molecule has 1 N–H and O–H groups in total. The Morgan fingerprint density at radius 1 is 1.11 bits per heavy atom. The highest BCUT2D eigenvalue weighted by atomic mass is 16.5. The zero-order valence-electron chi connectivity index (χ0n) is 12.7. The van der Waals surface area contributed by atoms with Crippen molar-refractivity contribution >= 4 is 0 Å². The van der Waals surface area contributed by atoms with Gasteiger partial charge in [0.05, 0.1) is 6.10 Å². The predicted octanol–water partition coefficient (Wildman–Crippen LogP) is 2.99. The molecule has 19 heavy (non-hydrogen) atoms. The number of nitrogens with one attached hydrogen (secondary N) is 1. The smallest absolute Gasteiger partial charge is 0.0616 e. The molecule has 0 bridgehead atoms. The minimum absolute atomic E-state index is 0.481. The van der Waals surface area contributed by atoms with Gasteiger partial charge in [0.2, 0.25) is 0 Å². The SMILES string of the molecule is CCCNC(CC1CCOCC1)C1CCOC1CC. The fourth-order valence-electron chi connectivity index (χ4n) is 3.63. The van der Waals surface area contributed by atoms with Crippen molar-refractivity contribution in [3.05, 3.63) is 0 Å². The maximum Gasteiger partial charge on any atom is 0.0616 e. The van der Waals surface area contributed by atoms with Gasteiger partial charge in [-0.15, -0.1) is 0 Å². The normalized spacial score (nSPS) is 30.6. The lowest BCUT2D eigenvalue weighted by molar-refractivity contribution is 0.0479. The summed E-state index contributed by atoms with van der Waals surface area (Å²) < 4.78 is 11.4. The molecule has 2 rings (SSSR count). The lowest BCUT2D eigenvalue weighted by atomic mass is 9.83. The Balaban J connectivity index is 1.89. The molecular weight excluding hydrogens is 238 g/mol. The topological polar surface area (TPSA) is 30.5 Å². The van der Waals surface area contributed by atoms with Crippen molar-refractivity contribution < 1.29 is 9.47 Å². The van der Waals surface area contributed by atoms with E-state index in [1.54, 1.807) is 0 Å². The molecule has 0 aromatic rings. The highest BCUT2D eigenvalue weighted by Gasteiger charge is 2.34. The van der Waals surface area contributed by atoms with Gasteiger partial charge >= 0.3 is 0 Å². The molecule has 3 heteroatoms. The van der Waals surface area contributed by atoms with Crippen LogP contribution < -0.4 is 5.32 Å². The van der Waals surface area contributed by atoms with Gasteiger partial charge in [0, 0.05) is 31.8 Å². The third kappa shape index (κ3) is 4.44. The highest BCUT2D eigenvalue weighted by Crippen LogP contribution is 2.31. The standard InChI is InChI=1S/C16H31NO2/c1-3-8-17-15(12-13-5-9-18-10-6-13)14-7-11-19-16(14)4-2/h13-17H,3-12H2,1-2H3. The Morgan fingerprint density at radius 3 is 2.58 bits per heavy atom. The van der Waals surface area contributed by atoms with Crippen LogP contribution in [0.2, 0.25) is 0 Å². The summed E-state index contributed by atoms with van der Waals surface area (Å²) in [6.45, 7) is 8.53. The monoisotopic (exact) mass is 269 g/mol. The lowest BCUT2D eigenvalue weighted by Crippen LogP contribution is -2.42. The molecule has 0 radical (unpaired) electrons. The molecule has 3 nitrogen and oxygen atoms in total. The minimum Gasteiger partial charge on any atom is -0.381 e. The number of hydrogen-bond acceptors (Lipinski definition) is 3. The van der Waals surface area contributed by atoms with Crippen LogP contribution in [0.15, 0.2) is 0 Å². The Bertz CT molecular complexity index is 241. The van der Waals surface area contributed by atoms with Gasteiger partial charge in [0.25, 0.3) is 0 Å². The molecule has 0 spiro atoms. The molecule has 0 aromatic heterocycles. The first-order valence-electron chi connectivity index (χ1n) is 8.27. The first kappa shape index (κ1) is 15.3. The number of ether oxygens (including phenoxy) is 2. The number of hydrogen-bond donors (Lipinski definition) is 1. The molecule has 0 saturated carbocycles. The van der Waals surface area contributed by atoms with Crippen molar-refractivity contribution in [2.24, 2.45) is 11.8 Å². The zero-order chi connectivity index (χ0) is 13.5. The summed E-state index contributed by atoms with van der Waals surface area (Å²) in [6, 6.07) is 0.649. The van der Waals surface area contributed by atoms with Crippen molar-refractivity contribution in [3.63, 3.8) is 0 Å². The van der Waals surface area contributed by atoms with E-state index >= 15 is 0 Å². The third-order valence-electron chi connectivity index (χ3n) is 4.76. The van der Waals surface area contributed by atoms with E-state index in [1.807, 2.05) is 0 Å². The van der Waals surface area contributed by atoms with Gasteiger partial charge in [-0.3, -0.25) is 0 Å². The number of rotatable bonds is 7. The average molecular weight is 269 g/mol. The molecule has 2 heterocycles. The van der Waals surface area contributed by atoms with E-state index in [2.05, 4.69) is 19.2 Å². The van der Waals surface area contributed by atoms with E-state index in [9.17, 15) is 0 Å². The van der Waals surface area contributed by atoms with Crippen LogP contribution in [-0.4, -0.2) is 38.5 Å². The van der Waals surface area contributed by atoms with E-state index in [-0.39, 0.29) is 0 Å². The van der Waals surface area contributed by atoms with E-state index in [0.29, 0.717) is 12.1 Å².